The maximum Gasteiger partial charge on any atom is 0.137 e. The third-order valence-electron chi connectivity index (χ3n) is 1.82. The molecular formula is C10H20O2. The molecule has 0 heterocycles. The molecule has 0 atom stereocenters. The van der Waals surface area contributed by atoms with Crippen molar-refractivity contribution in [2.24, 2.45) is 5.41 Å². The van der Waals surface area contributed by atoms with Crippen molar-refractivity contribution in [2.75, 3.05) is 6.61 Å². The molecule has 12 heavy (non-hydrogen) atoms. The van der Waals surface area contributed by atoms with E-state index in [0.717, 1.165) is 0 Å². The molecule has 0 unspecified atom stereocenters. The molecule has 0 aliphatic carbocycles. The Morgan fingerprint density at radius 2 is 1.58 bits per heavy atom. The van der Waals surface area contributed by atoms with Gasteiger partial charge in [0.05, 0.1) is 12.2 Å². The summed E-state index contributed by atoms with van der Waals surface area (Å²) < 4.78 is 5.53. The predicted octanol–water partition coefficient (Wildman–Crippen LogP) is 2.42. The molecule has 0 aromatic rings. The molecule has 0 rings (SSSR count). The molecule has 0 aromatic heterocycles. The van der Waals surface area contributed by atoms with Gasteiger partial charge >= 0.3 is 0 Å². The summed E-state index contributed by atoms with van der Waals surface area (Å²) in [5.41, 5.74) is -0.514. The van der Waals surface area contributed by atoms with E-state index >= 15 is 0 Å². The summed E-state index contributed by atoms with van der Waals surface area (Å²) in [5.74, 6) is 0.173. The van der Waals surface area contributed by atoms with Crippen LogP contribution in [-0.2, 0) is 9.53 Å². The zero-order valence-electron chi connectivity index (χ0n) is 9.02. The van der Waals surface area contributed by atoms with Gasteiger partial charge in [-0.3, -0.25) is 4.79 Å². The zero-order valence-corrected chi connectivity index (χ0v) is 9.02. The smallest absolute Gasteiger partial charge is 0.137 e. The summed E-state index contributed by atoms with van der Waals surface area (Å²) in [6.45, 7) is 11.9. The highest BCUT2D eigenvalue weighted by Crippen LogP contribution is 2.20. The maximum absolute atomic E-state index is 11.1. The number of Topliss-reactive ketones (excluding diaryl/α,β-unsaturated/α-hetero) is 1. The highest BCUT2D eigenvalue weighted by Gasteiger charge is 2.26. The SMILES string of the molecule is CC(=O)C(C)(C)COC(C)(C)C. The van der Waals surface area contributed by atoms with E-state index in [9.17, 15) is 4.79 Å². The molecule has 72 valence electrons. The number of carbonyl (C=O) groups is 1. The first-order chi connectivity index (χ1) is 5.15. The van der Waals surface area contributed by atoms with E-state index in [0.29, 0.717) is 6.61 Å². The first kappa shape index (κ1) is 11.6. The van der Waals surface area contributed by atoms with Crippen LogP contribution in [0.25, 0.3) is 0 Å². The van der Waals surface area contributed by atoms with Crippen LogP contribution in [0.4, 0.5) is 0 Å². The molecule has 0 amide bonds. The van der Waals surface area contributed by atoms with Crippen molar-refractivity contribution in [3.8, 4) is 0 Å². The van der Waals surface area contributed by atoms with E-state index in [-0.39, 0.29) is 16.8 Å². The lowest BCUT2D eigenvalue weighted by atomic mass is 9.90. The first-order valence-corrected chi connectivity index (χ1v) is 4.30. The Morgan fingerprint density at radius 3 is 1.83 bits per heavy atom. The van der Waals surface area contributed by atoms with E-state index in [1.807, 2.05) is 34.6 Å². The van der Waals surface area contributed by atoms with Crippen molar-refractivity contribution in [1.29, 1.82) is 0 Å². The molecule has 0 spiro atoms. The Labute approximate surface area is 75.3 Å². The number of ether oxygens (including phenoxy) is 1. The lowest BCUT2D eigenvalue weighted by molar-refractivity contribution is -0.131. The van der Waals surface area contributed by atoms with Crippen LogP contribution in [0.5, 0.6) is 0 Å². The van der Waals surface area contributed by atoms with Crippen LogP contribution < -0.4 is 0 Å². The molecular weight excluding hydrogens is 152 g/mol. The number of rotatable bonds is 3. The summed E-state index contributed by atoms with van der Waals surface area (Å²) in [4.78, 5) is 11.1. The second-order valence-electron chi connectivity index (χ2n) is 4.84. The van der Waals surface area contributed by atoms with Crippen molar-refractivity contribution >= 4 is 5.78 Å². The van der Waals surface area contributed by atoms with Crippen molar-refractivity contribution in [3.63, 3.8) is 0 Å². The summed E-state index contributed by atoms with van der Waals surface area (Å²) in [6.07, 6.45) is 0. The van der Waals surface area contributed by atoms with Gasteiger partial charge in [0.15, 0.2) is 0 Å². The molecule has 2 nitrogen and oxygen atoms in total. The second-order valence-corrected chi connectivity index (χ2v) is 4.84. The molecule has 0 saturated heterocycles. The number of hydrogen-bond donors (Lipinski definition) is 0. The second kappa shape index (κ2) is 3.56. The van der Waals surface area contributed by atoms with Gasteiger partial charge < -0.3 is 4.74 Å². The Morgan fingerprint density at radius 1 is 1.17 bits per heavy atom. The predicted molar refractivity (Wildman–Crippen MR) is 50.2 cm³/mol. The Bertz CT molecular complexity index is 163. The van der Waals surface area contributed by atoms with Gasteiger partial charge in [-0.15, -0.1) is 0 Å². The van der Waals surface area contributed by atoms with E-state index in [1.54, 1.807) is 6.92 Å². The maximum atomic E-state index is 11.1. The fraction of sp³-hybridized carbons (Fsp3) is 0.900. The van der Waals surface area contributed by atoms with Gasteiger partial charge in [-0.1, -0.05) is 13.8 Å². The van der Waals surface area contributed by atoms with E-state index in [2.05, 4.69) is 0 Å². The van der Waals surface area contributed by atoms with Crippen LogP contribution in [0.2, 0.25) is 0 Å². The van der Waals surface area contributed by atoms with Gasteiger partial charge in [0.2, 0.25) is 0 Å². The van der Waals surface area contributed by atoms with Crippen LogP contribution in [0.3, 0.4) is 0 Å². The molecule has 0 saturated carbocycles. The normalized spacial score (nSPS) is 13.2. The van der Waals surface area contributed by atoms with Crippen LogP contribution in [0, 0.1) is 5.41 Å². The fourth-order valence-electron chi connectivity index (χ4n) is 0.499. The quantitative estimate of drug-likeness (QED) is 0.653. The van der Waals surface area contributed by atoms with Gasteiger partial charge in [0, 0.05) is 5.41 Å². The molecule has 0 aromatic carbocycles. The molecule has 0 fully saturated rings. The standard InChI is InChI=1S/C10H20O2/c1-8(11)10(5,6)7-12-9(2,3)4/h7H2,1-6H3. The first-order valence-electron chi connectivity index (χ1n) is 4.30. The number of carbonyl (C=O) groups excluding carboxylic acids is 1. The fourth-order valence-corrected chi connectivity index (χ4v) is 0.499. The lowest BCUT2D eigenvalue weighted by Gasteiger charge is -2.27. The Kier molecular flexibility index (Phi) is 3.45. The van der Waals surface area contributed by atoms with Gasteiger partial charge in [0.25, 0.3) is 0 Å². The molecule has 0 radical (unpaired) electrons. The lowest BCUT2D eigenvalue weighted by Crippen LogP contribution is -2.32. The Hall–Kier alpha value is -0.370. The minimum absolute atomic E-state index is 0.160. The van der Waals surface area contributed by atoms with Gasteiger partial charge in [-0.25, -0.2) is 0 Å². The van der Waals surface area contributed by atoms with Gasteiger partial charge in [-0.05, 0) is 27.7 Å². The highest BCUT2D eigenvalue weighted by molar-refractivity contribution is 5.81. The summed E-state index contributed by atoms with van der Waals surface area (Å²) in [5, 5.41) is 0. The van der Waals surface area contributed by atoms with Crippen molar-refractivity contribution in [2.45, 2.75) is 47.1 Å². The number of ketones is 1. The van der Waals surface area contributed by atoms with Crippen LogP contribution in [-0.4, -0.2) is 18.0 Å². The molecule has 0 N–H and O–H groups in total. The van der Waals surface area contributed by atoms with Gasteiger partial charge in [0.1, 0.15) is 5.78 Å². The summed E-state index contributed by atoms with van der Waals surface area (Å²) in [6, 6.07) is 0. The summed E-state index contributed by atoms with van der Waals surface area (Å²) >= 11 is 0. The third-order valence-corrected chi connectivity index (χ3v) is 1.82. The van der Waals surface area contributed by atoms with Crippen molar-refractivity contribution < 1.29 is 9.53 Å². The average Bonchev–Trinajstić information content (AvgIpc) is 1.82. The molecule has 0 bridgehead atoms. The highest BCUT2D eigenvalue weighted by atomic mass is 16.5. The van der Waals surface area contributed by atoms with Crippen LogP contribution in [0.1, 0.15) is 41.5 Å². The Balaban J connectivity index is 4.01. The summed E-state index contributed by atoms with van der Waals surface area (Å²) in [7, 11) is 0. The van der Waals surface area contributed by atoms with Crippen LogP contribution in [0.15, 0.2) is 0 Å². The van der Waals surface area contributed by atoms with Crippen molar-refractivity contribution in [1.82, 2.24) is 0 Å². The van der Waals surface area contributed by atoms with E-state index < -0.39 is 0 Å². The molecule has 0 aliphatic heterocycles. The van der Waals surface area contributed by atoms with Crippen molar-refractivity contribution in [3.05, 3.63) is 0 Å². The molecule has 2 heteroatoms. The topological polar surface area (TPSA) is 26.3 Å². The third kappa shape index (κ3) is 4.50. The zero-order chi connectivity index (χ0) is 9.99. The van der Waals surface area contributed by atoms with Gasteiger partial charge in [-0.2, -0.15) is 0 Å². The minimum Gasteiger partial charge on any atom is -0.375 e. The van der Waals surface area contributed by atoms with E-state index in [1.165, 1.54) is 0 Å². The average molecular weight is 172 g/mol. The molecule has 0 aliphatic rings. The minimum atomic E-state index is -0.354. The van der Waals surface area contributed by atoms with Crippen LogP contribution >= 0.6 is 0 Å². The number of hydrogen-bond acceptors (Lipinski definition) is 2. The monoisotopic (exact) mass is 172 g/mol. The largest absolute Gasteiger partial charge is 0.375 e. The van der Waals surface area contributed by atoms with E-state index in [4.69, 9.17) is 4.74 Å².